The maximum Gasteiger partial charge on any atom is 0.320 e. The molecule has 0 spiro atoms. The number of carbonyl (C=O) groups is 1. The third kappa shape index (κ3) is 4.10. The fourth-order valence-corrected chi connectivity index (χ4v) is 1.81. The number of phenolic OH excluding ortho intramolecular Hbond substituents is 1. The molecular weight excluding hydrogens is 254 g/mol. The molecule has 4 heteroatoms. The number of fused-ring (bicyclic) bond motifs is 1. The summed E-state index contributed by atoms with van der Waals surface area (Å²) in [6, 6.07) is 14.0. The summed E-state index contributed by atoms with van der Waals surface area (Å²) in [7, 11) is 0. The number of carboxylic acids is 1. The van der Waals surface area contributed by atoms with Gasteiger partial charge in [-0.1, -0.05) is 36.4 Å². The lowest BCUT2D eigenvalue weighted by molar-refractivity contribution is -0.138. The van der Waals surface area contributed by atoms with Gasteiger partial charge in [0.15, 0.2) is 0 Å². The highest BCUT2D eigenvalue weighted by Gasteiger charge is 2.12. The summed E-state index contributed by atoms with van der Waals surface area (Å²) >= 11 is 0. The third-order valence-electron chi connectivity index (χ3n) is 3.08. The molecule has 1 unspecified atom stereocenters. The molecule has 0 bridgehead atoms. The fraction of sp³-hybridized carbons (Fsp3) is 0.188. The van der Waals surface area contributed by atoms with Crippen LogP contribution in [0, 0.1) is 0 Å². The van der Waals surface area contributed by atoms with E-state index < -0.39 is 12.0 Å². The van der Waals surface area contributed by atoms with Gasteiger partial charge in [0.05, 0.1) is 0 Å². The van der Waals surface area contributed by atoms with Crippen LogP contribution >= 0.6 is 0 Å². The Hall–Kier alpha value is -2.33. The van der Waals surface area contributed by atoms with E-state index in [1.54, 1.807) is 12.1 Å². The van der Waals surface area contributed by atoms with Crippen LogP contribution in [0.15, 0.2) is 48.5 Å². The van der Waals surface area contributed by atoms with Gasteiger partial charge in [-0.05, 0) is 41.7 Å². The number of nitrogens with two attached hydrogens (primary N) is 1. The zero-order valence-corrected chi connectivity index (χ0v) is 11.0. The van der Waals surface area contributed by atoms with Gasteiger partial charge in [0.1, 0.15) is 11.8 Å². The zero-order valence-electron chi connectivity index (χ0n) is 11.0. The Morgan fingerprint density at radius 1 is 1.10 bits per heavy atom. The van der Waals surface area contributed by atoms with Gasteiger partial charge >= 0.3 is 5.97 Å². The summed E-state index contributed by atoms with van der Waals surface area (Å²) in [5.74, 6) is -0.860. The first-order chi connectivity index (χ1) is 9.56. The van der Waals surface area contributed by atoms with Crippen molar-refractivity contribution in [3.8, 4) is 5.75 Å². The van der Waals surface area contributed by atoms with Crippen LogP contribution in [0.25, 0.3) is 0 Å². The molecular formula is C16H17NO3. The molecule has 1 aliphatic rings. The first-order valence-corrected chi connectivity index (χ1v) is 6.39. The van der Waals surface area contributed by atoms with E-state index in [0.29, 0.717) is 0 Å². The van der Waals surface area contributed by atoms with Crippen molar-refractivity contribution >= 4 is 5.97 Å². The van der Waals surface area contributed by atoms with Crippen molar-refractivity contribution in [2.75, 3.05) is 0 Å². The van der Waals surface area contributed by atoms with Crippen LogP contribution in [0.5, 0.6) is 5.75 Å². The second-order valence-corrected chi connectivity index (χ2v) is 4.76. The molecule has 0 saturated carbocycles. The third-order valence-corrected chi connectivity index (χ3v) is 3.08. The molecule has 0 aromatic heterocycles. The number of hydrogen-bond acceptors (Lipinski definition) is 3. The van der Waals surface area contributed by atoms with Crippen molar-refractivity contribution in [3.05, 3.63) is 65.2 Å². The Bertz CT molecular complexity index is 572. The Morgan fingerprint density at radius 3 is 2.10 bits per heavy atom. The predicted octanol–water partition coefficient (Wildman–Crippen LogP) is 1.94. The van der Waals surface area contributed by atoms with Gasteiger partial charge in [0.2, 0.25) is 0 Å². The maximum absolute atomic E-state index is 10.4. The second-order valence-electron chi connectivity index (χ2n) is 4.76. The van der Waals surface area contributed by atoms with E-state index >= 15 is 0 Å². The van der Waals surface area contributed by atoms with E-state index in [-0.39, 0.29) is 12.2 Å². The lowest BCUT2D eigenvalue weighted by atomic mass is 10.1. The smallest absolute Gasteiger partial charge is 0.320 e. The zero-order chi connectivity index (χ0) is 14.5. The van der Waals surface area contributed by atoms with Crippen molar-refractivity contribution in [1.29, 1.82) is 0 Å². The summed E-state index contributed by atoms with van der Waals surface area (Å²) in [5.41, 5.74) is 9.18. The van der Waals surface area contributed by atoms with E-state index in [4.69, 9.17) is 15.9 Å². The van der Waals surface area contributed by atoms with Gasteiger partial charge in [-0.3, -0.25) is 4.79 Å². The molecule has 0 heterocycles. The molecule has 1 atom stereocenters. The molecule has 2 aromatic carbocycles. The van der Waals surface area contributed by atoms with E-state index in [9.17, 15) is 4.79 Å². The molecule has 0 radical (unpaired) electrons. The predicted molar refractivity (Wildman–Crippen MR) is 76.7 cm³/mol. The highest BCUT2D eigenvalue weighted by molar-refractivity contribution is 5.73. The van der Waals surface area contributed by atoms with Gasteiger partial charge in [-0.25, -0.2) is 0 Å². The van der Waals surface area contributed by atoms with Crippen LogP contribution in [0.4, 0.5) is 0 Å². The first-order valence-electron chi connectivity index (χ1n) is 6.39. The van der Waals surface area contributed by atoms with Crippen molar-refractivity contribution in [2.24, 2.45) is 5.73 Å². The quantitative estimate of drug-likeness (QED) is 0.679. The lowest BCUT2D eigenvalue weighted by Crippen LogP contribution is -2.32. The van der Waals surface area contributed by atoms with Crippen LogP contribution < -0.4 is 5.73 Å². The number of carboxylic acid groups (broad SMARTS) is 1. The van der Waals surface area contributed by atoms with E-state index in [1.165, 1.54) is 29.7 Å². The van der Waals surface area contributed by atoms with Crippen molar-refractivity contribution < 1.29 is 15.0 Å². The molecule has 0 fully saturated rings. The van der Waals surface area contributed by atoms with E-state index in [1.807, 2.05) is 0 Å². The van der Waals surface area contributed by atoms with Crippen molar-refractivity contribution in [3.63, 3.8) is 0 Å². The molecule has 2 aromatic rings. The number of rotatable bonds is 3. The summed E-state index contributed by atoms with van der Waals surface area (Å²) in [6.07, 6.45) is 1.52. The molecule has 4 nitrogen and oxygen atoms in total. The van der Waals surface area contributed by atoms with Crippen LogP contribution in [0.2, 0.25) is 0 Å². The van der Waals surface area contributed by atoms with Crippen molar-refractivity contribution in [2.45, 2.75) is 18.9 Å². The molecule has 20 heavy (non-hydrogen) atoms. The molecule has 1 aliphatic carbocycles. The van der Waals surface area contributed by atoms with Crippen LogP contribution in [-0.2, 0) is 17.6 Å². The first kappa shape index (κ1) is 14.1. The maximum atomic E-state index is 10.4. The number of benzene rings is 2. The molecule has 0 aliphatic heterocycles. The van der Waals surface area contributed by atoms with Gasteiger partial charge < -0.3 is 15.9 Å². The minimum absolute atomic E-state index is 0.160. The summed E-state index contributed by atoms with van der Waals surface area (Å²) in [5, 5.41) is 17.5. The van der Waals surface area contributed by atoms with E-state index in [0.717, 1.165) is 5.56 Å². The second kappa shape index (κ2) is 6.21. The standard InChI is InChI=1S/C9H11NO3.C7H6/c10-8(9(12)13)5-6-1-3-7(11)4-2-6;1-2-4-7-5-6(7)3-1/h1-4,8,11H,5,10H2,(H,12,13);1-4H,5H2. The average Bonchev–Trinajstić information content (AvgIpc) is 3.21. The molecule has 0 amide bonds. The summed E-state index contributed by atoms with van der Waals surface area (Å²) in [6.45, 7) is 0. The minimum Gasteiger partial charge on any atom is -0.508 e. The summed E-state index contributed by atoms with van der Waals surface area (Å²) in [4.78, 5) is 10.4. The number of aromatic hydroxyl groups is 1. The number of aliphatic carboxylic acids is 1. The Kier molecular flexibility index (Phi) is 4.38. The molecule has 4 N–H and O–H groups in total. The van der Waals surface area contributed by atoms with Crippen molar-refractivity contribution in [1.82, 2.24) is 0 Å². The van der Waals surface area contributed by atoms with E-state index in [2.05, 4.69) is 24.3 Å². The molecule has 0 saturated heterocycles. The SMILES string of the molecule is NC(Cc1ccc(O)cc1)C(=O)O.c1ccc2c(c1)C2. The average molecular weight is 271 g/mol. The van der Waals surface area contributed by atoms with Gasteiger partial charge in [-0.15, -0.1) is 0 Å². The van der Waals surface area contributed by atoms with Crippen LogP contribution in [-0.4, -0.2) is 22.2 Å². The Balaban J connectivity index is 0.000000173. The Labute approximate surface area is 117 Å². The normalized spacial score (nSPS) is 12.7. The highest BCUT2D eigenvalue weighted by atomic mass is 16.4. The molecule has 104 valence electrons. The van der Waals surface area contributed by atoms with Gasteiger partial charge in [-0.2, -0.15) is 0 Å². The number of phenols is 1. The largest absolute Gasteiger partial charge is 0.508 e. The Morgan fingerprint density at radius 2 is 1.65 bits per heavy atom. The highest BCUT2D eigenvalue weighted by Crippen LogP contribution is 2.25. The monoisotopic (exact) mass is 271 g/mol. The van der Waals surface area contributed by atoms with Crippen LogP contribution in [0.1, 0.15) is 16.7 Å². The van der Waals surface area contributed by atoms with Gasteiger partial charge in [0, 0.05) is 0 Å². The molecule has 3 rings (SSSR count). The van der Waals surface area contributed by atoms with Gasteiger partial charge in [0.25, 0.3) is 0 Å². The summed E-state index contributed by atoms with van der Waals surface area (Å²) < 4.78 is 0. The minimum atomic E-state index is -1.02. The topological polar surface area (TPSA) is 83.5 Å². The fourth-order valence-electron chi connectivity index (χ4n) is 1.81. The lowest BCUT2D eigenvalue weighted by Gasteiger charge is -2.05. The van der Waals surface area contributed by atoms with Crippen LogP contribution in [0.3, 0.4) is 0 Å². The number of hydrogen-bond donors (Lipinski definition) is 3.